The highest BCUT2D eigenvalue weighted by Crippen LogP contribution is 2.09. The molecule has 0 aromatic carbocycles. The lowest BCUT2D eigenvalue weighted by Gasteiger charge is -2.07. The molecule has 1 N–H and O–H groups in total. The van der Waals surface area contributed by atoms with Crippen LogP contribution in [0.3, 0.4) is 0 Å². The SMILES string of the molecule is CSCCCC(O)C(F)F. The summed E-state index contributed by atoms with van der Waals surface area (Å²) in [5, 5.41) is 8.59. The number of hydrogen-bond donors (Lipinski definition) is 1. The van der Waals surface area contributed by atoms with Crippen molar-refractivity contribution in [3.8, 4) is 0 Å². The normalized spacial score (nSPS) is 14.1. The van der Waals surface area contributed by atoms with Crippen molar-refractivity contribution in [3.05, 3.63) is 0 Å². The highest BCUT2D eigenvalue weighted by molar-refractivity contribution is 7.98. The van der Waals surface area contributed by atoms with Gasteiger partial charge in [0.1, 0.15) is 6.10 Å². The smallest absolute Gasteiger partial charge is 0.264 e. The maximum Gasteiger partial charge on any atom is 0.264 e. The van der Waals surface area contributed by atoms with Gasteiger partial charge >= 0.3 is 0 Å². The van der Waals surface area contributed by atoms with Crippen LogP contribution in [0.4, 0.5) is 8.78 Å². The molecule has 0 amide bonds. The minimum atomic E-state index is -2.58. The topological polar surface area (TPSA) is 20.2 Å². The van der Waals surface area contributed by atoms with E-state index in [1.54, 1.807) is 11.8 Å². The van der Waals surface area contributed by atoms with Crippen molar-refractivity contribution >= 4 is 11.8 Å². The van der Waals surface area contributed by atoms with Crippen LogP contribution in [0.5, 0.6) is 0 Å². The van der Waals surface area contributed by atoms with Crippen LogP contribution in [0.1, 0.15) is 12.8 Å². The first-order valence-corrected chi connectivity index (χ1v) is 4.53. The van der Waals surface area contributed by atoms with E-state index >= 15 is 0 Å². The molecule has 0 aromatic heterocycles. The zero-order chi connectivity index (χ0) is 7.98. The van der Waals surface area contributed by atoms with Gasteiger partial charge in [0.15, 0.2) is 0 Å². The summed E-state index contributed by atoms with van der Waals surface area (Å²) >= 11 is 1.60. The Labute approximate surface area is 63.8 Å². The molecular formula is C6H12F2OS. The molecule has 0 spiro atoms. The Bertz CT molecular complexity index is 80.1. The first-order chi connectivity index (χ1) is 4.68. The molecule has 1 unspecified atom stereocenters. The van der Waals surface area contributed by atoms with Crippen LogP contribution in [0.2, 0.25) is 0 Å². The van der Waals surface area contributed by atoms with Gasteiger partial charge in [-0.1, -0.05) is 0 Å². The Hall–Kier alpha value is 0.170. The molecule has 1 atom stereocenters. The van der Waals surface area contributed by atoms with E-state index in [-0.39, 0.29) is 6.42 Å². The Kier molecular flexibility index (Phi) is 6.02. The maximum absolute atomic E-state index is 11.6. The lowest BCUT2D eigenvalue weighted by atomic mass is 10.2. The van der Waals surface area contributed by atoms with Gasteiger partial charge in [0.05, 0.1) is 0 Å². The van der Waals surface area contributed by atoms with Crippen LogP contribution in [-0.2, 0) is 0 Å². The summed E-state index contributed by atoms with van der Waals surface area (Å²) in [6, 6.07) is 0. The number of thioether (sulfide) groups is 1. The van der Waals surface area contributed by atoms with Crippen molar-refractivity contribution < 1.29 is 13.9 Å². The van der Waals surface area contributed by atoms with E-state index in [0.29, 0.717) is 6.42 Å². The molecule has 0 aliphatic rings. The van der Waals surface area contributed by atoms with E-state index in [9.17, 15) is 8.78 Å². The third-order valence-electron chi connectivity index (χ3n) is 1.14. The molecule has 4 heteroatoms. The molecule has 0 heterocycles. The molecule has 0 aromatic rings. The summed E-state index contributed by atoms with van der Waals surface area (Å²) in [4.78, 5) is 0. The summed E-state index contributed by atoms with van der Waals surface area (Å²) in [5.74, 6) is 0.837. The van der Waals surface area contributed by atoms with E-state index in [2.05, 4.69) is 0 Å². The van der Waals surface area contributed by atoms with Crippen LogP contribution in [0.15, 0.2) is 0 Å². The third kappa shape index (κ3) is 4.99. The van der Waals surface area contributed by atoms with Gasteiger partial charge in [-0.2, -0.15) is 11.8 Å². The standard InChI is InChI=1S/C6H12F2OS/c1-10-4-2-3-5(9)6(7)8/h5-6,9H,2-4H2,1H3. The lowest BCUT2D eigenvalue weighted by Crippen LogP contribution is -2.16. The summed E-state index contributed by atoms with van der Waals surface area (Å²) in [6.07, 6.45) is -1.23. The predicted octanol–water partition coefficient (Wildman–Crippen LogP) is 1.76. The summed E-state index contributed by atoms with van der Waals surface area (Å²) < 4.78 is 23.2. The maximum atomic E-state index is 11.6. The molecule has 0 aliphatic carbocycles. The number of aliphatic hydroxyl groups excluding tert-OH is 1. The Morgan fingerprint density at radius 1 is 1.50 bits per heavy atom. The van der Waals surface area contributed by atoms with E-state index in [0.717, 1.165) is 5.75 Å². The molecule has 0 rings (SSSR count). The highest BCUT2D eigenvalue weighted by atomic mass is 32.2. The number of aliphatic hydroxyl groups is 1. The highest BCUT2D eigenvalue weighted by Gasteiger charge is 2.15. The van der Waals surface area contributed by atoms with Gasteiger partial charge in [-0.15, -0.1) is 0 Å². The zero-order valence-corrected chi connectivity index (χ0v) is 6.70. The molecule has 0 bridgehead atoms. The van der Waals surface area contributed by atoms with Crippen LogP contribution in [0, 0.1) is 0 Å². The molecular weight excluding hydrogens is 158 g/mol. The van der Waals surface area contributed by atoms with Crippen LogP contribution in [-0.4, -0.2) is 29.6 Å². The van der Waals surface area contributed by atoms with E-state index < -0.39 is 12.5 Å². The first-order valence-electron chi connectivity index (χ1n) is 3.13. The van der Waals surface area contributed by atoms with Gasteiger partial charge in [0.25, 0.3) is 6.43 Å². The van der Waals surface area contributed by atoms with Crippen molar-refractivity contribution in [3.63, 3.8) is 0 Å². The van der Waals surface area contributed by atoms with E-state index in [1.165, 1.54) is 0 Å². The minimum absolute atomic E-state index is 0.207. The Balaban J connectivity index is 3.13. The van der Waals surface area contributed by atoms with Gasteiger partial charge in [-0.25, -0.2) is 8.78 Å². The monoisotopic (exact) mass is 170 g/mol. The fourth-order valence-electron chi connectivity index (χ4n) is 0.563. The Morgan fingerprint density at radius 3 is 2.50 bits per heavy atom. The quantitative estimate of drug-likeness (QED) is 0.634. The summed E-state index contributed by atoms with van der Waals surface area (Å²) in [6.45, 7) is 0. The average molecular weight is 170 g/mol. The summed E-state index contributed by atoms with van der Waals surface area (Å²) in [7, 11) is 0. The summed E-state index contributed by atoms with van der Waals surface area (Å²) in [5.41, 5.74) is 0. The van der Waals surface area contributed by atoms with Crippen molar-refractivity contribution in [2.45, 2.75) is 25.4 Å². The predicted molar refractivity (Wildman–Crippen MR) is 39.6 cm³/mol. The molecule has 62 valence electrons. The molecule has 0 fully saturated rings. The lowest BCUT2D eigenvalue weighted by molar-refractivity contribution is -0.00888. The van der Waals surface area contributed by atoms with E-state index in [4.69, 9.17) is 5.11 Å². The minimum Gasteiger partial charge on any atom is -0.387 e. The number of rotatable bonds is 5. The van der Waals surface area contributed by atoms with Crippen LogP contribution in [0.25, 0.3) is 0 Å². The Morgan fingerprint density at radius 2 is 2.10 bits per heavy atom. The number of hydrogen-bond acceptors (Lipinski definition) is 2. The molecule has 10 heavy (non-hydrogen) atoms. The first kappa shape index (κ1) is 10.2. The van der Waals surface area contributed by atoms with Crippen molar-refractivity contribution in [2.75, 3.05) is 12.0 Å². The van der Waals surface area contributed by atoms with E-state index in [1.807, 2.05) is 6.26 Å². The van der Waals surface area contributed by atoms with Gasteiger partial charge in [-0.05, 0) is 24.9 Å². The fraction of sp³-hybridized carbons (Fsp3) is 1.00. The molecule has 0 saturated heterocycles. The van der Waals surface area contributed by atoms with Gasteiger partial charge in [0, 0.05) is 0 Å². The fourth-order valence-corrected chi connectivity index (χ4v) is 1.02. The number of halogens is 2. The molecule has 0 radical (unpaired) electrons. The second-order valence-corrected chi connectivity index (χ2v) is 3.02. The second-order valence-electron chi connectivity index (χ2n) is 2.04. The van der Waals surface area contributed by atoms with Gasteiger partial charge in [-0.3, -0.25) is 0 Å². The molecule has 1 nitrogen and oxygen atoms in total. The molecule has 0 aliphatic heterocycles. The van der Waals surface area contributed by atoms with Crippen molar-refractivity contribution in [2.24, 2.45) is 0 Å². The van der Waals surface area contributed by atoms with Gasteiger partial charge < -0.3 is 5.11 Å². The van der Waals surface area contributed by atoms with Crippen LogP contribution >= 0.6 is 11.8 Å². The van der Waals surface area contributed by atoms with Gasteiger partial charge in [0.2, 0.25) is 0 Å². The largest absolute Gasteiger partial charge is 0.387 e. The van der Waals surface area contributed by atoms with Crippen molar-refractivity contribution in [1.82, 2.24) is 0 Å². The molecule has 0 saturated carbocycles. The second kappa shape index (κ2) is 5.92. The number of alkyl halides is 2. The zero-order valence-electron chi connectivity index (χ0n) is 5.89. The average Bonchev–Trinajstić information content (AvgIpc) is 1.88. The van der Waals surface area contributed by atoms with Crippen LogP contribution < -0.4 is 0 Å². The third-order valence-corrected chi connectivity index (χ3v) is 1.84. The van der Waals surface area contributed by atoms with Crippen molar-refractivity contribution in [1.29, 1.82) is 0 Å².